The second-order valence-electron chi connectivity index (χ2n) is 4.41. The quantitative estimate of drug-likeness (QED) is 0.596. The number of anilines is 1. The molecule has 0 radical (unpaired) electrons. The largest absolute Gasteiger partial charge is 0.398 e. The maximum atomic E-state index is 6.10. The van der Waals surface area contributed by atoms with Gasteiger partial charge in [0, 0.05) is 21.1 Å². The SMILES string of the molecule is Nc1cccc2cccc(-c3cc(Cl)cc(Cl)c3)c12. The zero-order valence-electron chi connectivity index (χ0n) is 10.0. The number of rotatable bonds is 1. The Bertz CT molecular complexity index is 740. The van der Waals surface area contributed by atoms with Gasteiger partial charge < -0.3 is 5.73 Å². The Hall–Kier alpha value is -1.70. The van der Waals surface area contributed by atoms with Crippen molar-refractivity contribution in [2.45, 2.75) is 0 Å². The number of nitrogen functional groups attached to an aromatic ring is 1. The molecule has 0 heterocycles. The van der Waals surface area contributed by atoms with E-state index in [-0.39, 0.29) is 0 Å². The van der Waals surface area contributed by atoms with E-state index in [4.69, 9.17) is 28.9 Å². The monoisotopic (exact) mass is 287 g/mol. The Morgan fingerprint density at radius 1 is 0.789 bits per heavy atom. The van der Waals surface area contributed by atoms with E-state index >= 15 is 0 Å². The van der Waals surface area contributed by atoms with E-state index in [9.17, 15) is 0 Å². The number of benzene rings is 3. The maximum absolute atomic E-state index is 6.10. The Morgan fingerprint density at radius 3 is 2.11 bits per heavy atom. The van der Waals surface area contributed by atoms with E-state index < -0.39 is 0 Å². The van der Waals surface area contributed by atoms with Crippen molar-refractivity contribution in [2.75, 3.05) is 5.73 Å². The highest BCUT2D eigenvalue weighted by molar-refractivity contribution is 6.35. The minimum atomic E-state index is 0.619. The Morgan fingerprint density at radius 2 is 1.42 bits per heavy atom. The van der Waals surface area contributed by atoms with Gasteiger partial charge in [-0.15, -0.1) is 0 Å². The van der Waals surface area contributed by atoms with Gasteiger partial charge in [0.2, 0.25) is 0 Å². The van der Waals surface area contributed by atoms with Crippen molar-refractivity contribution in [3.05, 3.63) is 64.6 Å². The van der Waals surface area contributed by atoms with E-state index in [1.165, 1.54) is 0 Å². The van der Waals surface area contributed by atoms with Crippen LogP contribution in [0.15, 0.2) is 54.6 Å². The second kappa shape index (κ2) is 4.76. The van der Waals surface area contributed by atoms with Crippen molar-refractivity contribution in [2.24, 2.45) is 0 Å². The molecule has 19 heavy (non-hydrogen) atoms. The normalized spacial score (nSPS) is 10.8. The zero-order valence-corrected chi connectivity index (χ0v) is 11.5. The molecule has 0 aromatic heterocycles. The van der Waals surface area contributed by atoms with E-state index in [0.717, 1.165) is 27.6 Å². The maximum Gasteiger partial charge on any atom is 0.0426 e. The van der Waals surface area contributed by atoms with Gasteiger partial charge in [0.15, 0.2) is 0 Å². The standard InChI is InChI=1S/C16H11Cl2N/c17-12-7-11(8-13(18)9-12)14-5-1-3-10-4-2-6-15(19)16(10)14/h1-9H,19H2. The highest BCUT2D eigenvalue weighted by Gasteiger charge is 2.08. The molecule has 0 spiro atoms. The molecule has 3 heteroatoms. The lowest BCUT2D eigenvalue weighted by Gasteiger charge is -2.10. The summed E-state index contributed by atoms with van der Waals surface area (Å²) in [6.45, 7) is 0. The number of halogens is 2. The molecule has 0 amide bonds. The molecule has 0 saturated carbocycles. The Labute approximate surface area is 121 Å². The summed E-state index contributed by atoms with van der Waals surface area (Å²) in [5.74, 6) is 0. The lowest BCUT2D eigenvalue weighted by atomic mass is 9.97. The molecule has 3 rings (SSSR count). The van der Waals surface area contributed by atoms with Crippen molar-refractivity contribution in [1.29, 1.82) is 0 Å². The average Bonchev–Trinajstić information content (AvgIpc) is 2.37. The first kappa shape index (κ1) is 12.3. The van der Waals surface area contributed by atoms with Gasteiger partial charge in [-0.25, -0.2) is 0 Å². The molecule has 1 nitrogen and oxygen atoms in total. The van der Waals surface area contributed by atoms with Crippen LogP contribution in [0.25, 0.3) is 21.9 Å². The van der Waals surface area contributed by atoms with Crippen LogP contribution >= 0.6 is 23.2 Å². The molecule has 0 atom stereocenters. The lowest BCUT2D eigenvalue weighted by Crippen LogP contribution is -1.89. The predicted molar refractivity (Wildman–Crippen MR) is 83.8 cm³/mol. The van der Waals surface area contributed by atoms with Crippen molar-refractivity contribution in [3.63, 3.8) is 0 Å². The Kier molecular flexibility index (Phi) is 3.09. The summed E-state index contributed by atoms with van der Waals surface area (Å²) in [5, 5.41) is 3.37. The van der Waals surface area contributed by atoms with Crippen LogP contribution in [0.2, 0.25) is 10.0 Å². The van der Waals surface area contributed by atoms with Gasteiger partial charge in [-0.3, -0.25) is 0 Å². The molecular weight excluding hydrogens is 277 g/mol. The summed E-state index contributed by atoms with van der Waals surface area (Å²) in [7, 11) is 0. The fraction of sp³-hybridized carbons (Fsp3) is 0. The van der Waals surface area contributed by atoms with E-state index in [1.54, 1.807) is 6.07 Å². The third-order valence-electron chi connectivity index (χ3n) is 3.11. The van der Waals surface area contributed by atoms with Crippen molar-refractivity contribution in [3.8, 4) is 11.1 Å². The van der Waals surface area contributed by atoms with Gasteiger partial charge in [-0.05, 0) is 40.8 Å². The number of hydrogen-bond donors (Lipinski definition) is 1. The third-order valence-corrected chi connectivity index (χ3v) is 3.55. The third kappa shape index (κ3) is 2.27. The van der Waals surface area contributed by atoms with E-state index in [1.807, 2.05) is 48.5 Å². The van der Waals surface area contributed by atoms with Crippen LogP contribution in [0.5, 0.6) is 0 Å². The summed E-state index contributed by atoms with van der Waals surface area (Å²) in [6, 6.07) is 17.5. The van der Waals surface area contributed by atoms with Crippen LogP contribution in [0.3, 0.4) is 0 Å². The van der Waals surface area contributed by atoms with Crippen molar-refractivity contribution < 1.29 is 0 Å². The van der Waals surface area contributed by atoms with Gasteiger partial charge >= 0.3 is 0 Å². The van der Waals surface area contributed by atoms with Gasteiger partial charge in [-0.2, -0.15) is 0 Å². The molecule has 3 aromatic rings. The minimum Gasteiger partial charge on any atom is -0.398 e. The van der Waals surface area contributed by atoms with Crippen LogP contribution in [-0.4, -0.2) is 0 Å². The molecule has 0 bridgehead atoms. The average molecular weight is 288 g/mol. The molecule has 0 aliphatic heterocycles. The topological polar surface area (TPSA) is 26.0 Å². The van der Waals surface area contributed by atoms with E-state index in [2.05, 4.69) is 0 Å². The number of nitrogens with two attached hydrogens (primary N) is 1. The fourth-order valence-corrected chi connectivity index (χ4v) is 2.85. The van der Waals surface area contributed by atoms with Gasteiger partial charge in [0.25, 0.3) is 0 Å². The molecule has 0 saturated heterocycles. The van der Waals surface area contributed by atoms with Gasteiger partial charge in [0.1, 0.15) is 0 Å². The second-order valence-corrected chi connectivity index (χ2v) is 5.28. The fourth-order valence-electron chi connectivity index (χ4n) is 2.32. The molecule has 94 valence electrons. The van der Waals surface area contributed by atoms with Crippen LogP contribution in [0.4, 0.5) is 5.69 Å². The van der Waals surface area contributed by atoms with Crippen molar-refractivity contribution in [1.82, 2.24) is 0 Å². The lowest BCUT2D eigenvalue weighted by molar-refractivity contribution is 1.64. The summed E-state index contributed by atoms with van der Waals surface area (Å²) in [6.07, 6.45) is 0. The first-order valence-electron chi connectivity index (χ1n) is 5.89. The van der Waals surface area contributed by atoms with Gasteiger partial charge in [0.05, 0.1) is 0 Å². The number of hydrogen-bond acceptors (Lipinski definition) is 1. The Balaban J connectivity index is 2.36. The summed E-state index contributed by atoms with van der Waals surface area (Å²) in [4.78, 5) is 0. The molecule has 0 aliphatic rings. The van der Waals surface area contributed by atoms with Crippen molar-refractivity contribution >= 4 is 39.7 Å². The summed E-state index contributed by atoms with van der Waals surface area (Å²) in [5.41, 5.74) is 8.87. The van der Waals surface area contributed by atoms with Crippen LogP contribution in [0, 0.1) is 0 Å². The molecule has 3 aromatic carbocycles. The molecule has 0 fully saturated rings. The van der Waals surface area contributed by atoms with Crippen LogP contribution in [-0.2, 0) is 0 Å². The van der Waals surface area contributed by atoms with E-state index in [0.29, 0.717) is 10.0 Å². The molecule has 0 unspecified atom stereocenters. The molecular formula is C16H11Cl2N. The number of fused-ring (bicyclic) bond motifs is 1. The minimum absolute atomic E-state index is 0.619. The molecule has 0 aliphatic carbocycles. The van der Waals surface area contributed by atoms with Crippen LogP contribution in [0.1, 0.15) is 0 Å². The molecule has 2 N–H and O–H groups in total. The zero-order chi connectivity index (χ0) is 13.4. The summed E-state index contributed by atoms with van der Waals surface area (Å²) >= 11 is 12.2. The first-order chi connectivity index (χ1) is 9.15. The first-order valence-corrected chi connectivity index (χ1v) is 6.64. The predicted octanol–water partition coefficient (Wildman–Crippen LogP) is 5.40. The highest BCUT2D eigenvalue weighted by atomic mass is 35.5. The van der Waals surface area contributed by atoms with Gasteiger partial charge in [-0.1, -0.05) is 53.5 Å². The smallest absolute Gasteiger partial charge is 0.0426 e. The van der Waals surface area contributed by atoms with Crippen LogP contribution < -0.4 is 5.73 Å². The highest BCUT2D eigenvalue weighted by Crippen LogP contribution is 2.35. The summed E-state index contributed by atoms with van der Waals surface area (Å²) < 4.78 is 0.